The lowest BCUT2D eigenvalue weighted by atomic mass is 9.96. The van der Waals surface area contributed by atoms with Crippen molar-refractivity contribution in [2.75, 3.05) is 24.5 Å². The fraction of sp³-hybridized carbons (Fsp3) is 0.500. The van der Waals surface area contributed by atoms with Gasteiger partial charge in [0.25, 0.3) is 5.91 Å². The van der Waals surface area contributed by atoms with Crippen LogP contribution in [-0.2, 0) is 4.79 Å². The number of para-hydroxylation sites is 1. The number of aromatic nitrogens is 1. The van der Waals surface area contributed by atoms with E-state index in [-0.39, 0.29) is 17.7 Å². The number of rotatable bonds is 6. The first kappa shape index (κ1) is 18.7. The maximum Gasteiger partial charge on any atom is 0.252 e. The summed E-state index contributed by atoms with van der Waals surface area (Å²) in [5, 5.41) is 6.98. The molecule has 2 fully saturated rings. The van der Waals surface area contributed by atoms with Crippen LogP contribution in [0, 0.1) is 5.92 Å². The zero-order valence-electron chi connectivity index (χ0n) is 16.4. The Hall–Kier alpha value is -2.63. The van der Waals surface area contributed by atoms with Crippen LogP contribution in [0.1, 0.15) is 49.4 Å². The van der Waals surface area contributed by atoms with Crippen LogP contribution in [0.4, 0.5) is 5.82 Å². The first-order valence-corrected chi connectivity index (χ1v) is 10.4. The average molecular weight is 380 g/mol. The van der Waals surface area contributed by atoms with Crippen molar-refractivity contribution in [1.29, 1.82) is 0 Å². The van der Waals surface area contributed by atoms with Crippen molar-refractivity contribution in [2.24, 2.45) is 5.92 Å². The molecular formula is C22H28N4O2. The van der Waals surface area contributed by atoms with Crippen LogP contribution in [0.15, 0.2) is 30.3 Å². The minimum Gasteiger partial charge on any atom is -0.356 e. The quantitative estimate of drug-likeness (QED) is 0.808. The second-order valence-corrected chi connectivity index (χ2v) is 7.87. The third kappa shape index (κ3) is 4.11. The minimum absolute atomic E-state index is 0.0303. The van der Waals surface area contributed by atoms with E-state index >= 15 is 0 Å². The highest BCUT2D eigenvalue weighted by molar-refractivity contribution is 6.07. The Kier molecular flexibility index (Phi) is 5.46. The zero-order valence-corrected chi connectivity index (χ0v) is 16.4. The molecule has 0 spiro atoms. The highest BCUT2D eigenvalue weighted by Crippen LogP contribution is 2.28. The first-order valence-electron chi connectivity index (χ1n) is 10.4. The summed E-state index contributed by atoms with van der Waals surface area (Å²) in [6.07, 6.45) is 4.90. The molecule has 6 nitrogen and oxygen atoms in total. The number of nitrogens with one attached hydrogen (secondary N) is 2. The number of amides is 2. The summed E-state index contributed by atoms with van der Waals surface area (Å²) in [4.78, 5) is 32.2. The van der Waals surface area contributed by atoms with Crippen LogP contribution in [0.25, 0.3) is 10.9 Å². The predicted molar refractivity (Wildman–Crippen MR) is 110 cm³/mol. The third-order valence-electron chi connectivity index (χ3n) is 5.53. The Bertz CT molecular complexity index is 878. The van der Waals surface area contributed by atoms with Crippen molar-refractivity contribution in [1.82, 2.24) is 15.6 Å². The molecule has 1 atom stereocenters. The number of nitrogens with zero attached hydrogens (tertiary/aromatic N) is 2. The number of hydrogen-bond donors (Lipinski definition) is 2. The topological polar surface area (TPSA) is 74.3 Å². The number of benzene rings is 1. The molecule has 2 amide bonds. The van der Waals surface area contributed by atoms with Crippen LogP contribution < -0.4 is 15.5 Å². The van der Waals surface area contributed by atoms with Crippen LogP contribution in [-0.4, -0.2) is 42.5 Å². The normalized spacial score (nSPS) is 19.5. The van der Waals surface area contributed by atoms with Gasteiger partial charge in [-0.15, -0.1) is 0 Å². The lowest BCUT2D eigenvalue weighted by Gasteiger charge is -2.33. The number of piperidine rings is 1. The summed E-state index contributed by atoms with van der Waals surface area (Å²) < 4.78 is 0. The van der Waals surface area contributed by atoms with Gasteiger partial charge >= 0.3 is 0 Å². The lowest BCUT2D eigenvalue weighted by Crippen LogP contribution is -2.43. The number of hydrogen-bond acceptors (Lipinski definition) is 4. The van der Waals surface area contributed by atoms with Gasteiger partial charge in [0.1, 0.15) is 5.82 Å². The number of pyridine rings is 1. The number of fused-ring (bicyclic) bond motifs is 1. The van der Waals surface area contributed by atoms with Gasteiger partial charge in [0.2, 0.25) is 5.91 Å². The fourth-order valence-electron chi connectivity index (χ4n) is 3.79. The van der Waals surface area contributed by atoms with E-state index in [2.05, 4.69) is 22.5 Å². The summed E-state index contributed by atoms with van der Waals surface area (Å²) in [5.41, 5.74) is 1.49. The molecule has 28 heavy (non-hydrogen) atoms. The number of carbonyl (C=O) groups is 2. The van der Waals surface area contributed by atoms with Crippen molar-refractivity contribution < 1.29 is 9.59 Å². The van der Waals surface area contributed by atoms with Crippen LogP contribution in [0.2, 0.25) is 0 Å². The van der Waals surface area contributed by atoms with Gasteiger partial charge in [0.05, 0.1) is 17.0 Å². The van der Waals surface area contributed by atoms with E-state index in [0.29, 0.717) is 18.2 Å². The highest BCUT2D eigenvalue weighted by Gasteiger charge is 2.28. The van der Waals surface area contributed by atoms with Crippen molar-refractivity contribution in [3.8, 4) is 0 Å². The molecule has 1 aliphatic heterocycles. The lowest BCUT2D eigenvalue weighted by molar-refractivity contribution is -0.125. The van der Waals surface area contributed by atoms with Crippen LogP contribution in [0.3, 0.4) is 0 Å². The smallest absolute Gasteiger partial charge is 0.252 e. The zero-order chi connectivity index (χ0) is 19.5. The molecule has 2 heterocycles. The Labute approximate surface area is 165 Å². The number of carbonyl (C=O) groups excluding carboxylic acids is 2. The summed E-state index contributed by atoms with van der Waals surface area (Å²) in [6, 6.07) is 9.98. The van der Waals surface area contributed by atoms with Gasteiger partial charge in [-0.1, -0.05) is 25.1 Å². The molecule has 6 heteroatoms. The molecule has 1 saturated heterocycles. The molecule has 1 saturated carbocycles. The van der Waals surface area contributed by atoms with E-state index in [9.17, 15) is 9.59 Å². The van der Waals surface area contributed by atoms with Crippen molar-refractivity contribution in [3.05, 3.63) is 35.9 Å². The Morgan fingerprint density at radius 3 is 2.82 bits per heavy atom. The predicted octanol–water partition coefficient (Wildman–Crippen LogP) is 2.87. The van der Waals surface area contributed by atoms with Gasteiger partial charge in [-0.25, -0.2) is 4.98 Å². The van der Waals surface area contributed by atoms with E-state index in [1.807, 2.05) is 30.3 Å². The molecular weight excluding hydrogens is 352 g/mol. The van der Waals surface area contributed by atoms with Crippen LogP contribution >= 0.6 is 0 Å². The Morgan fingerprint density at radius 1 is 1.21 bits per heavy atom. The molecule has 148 valence electrons. The second-order valence-electron chi connectivity index (χ2n) is 7.87. The minimum atomic E-state index is -0.0309. The van der Waals surface area contributed by atoms with Gasteiger partial charge in [-0.3, -0.25) is 9.59 Å². The van der Waals surface area contributed by atoms with Crippen molar-refractivity contribution in [3.63, 3.8) is 0 Å². The first-order chi connectivity index (χ1) is 13.7. The Morgan fingerprint density at radius 2 is 2.04 bits per heavy atom. The average Bonchev–Trinajstić information content (AvgIpc) is 3.55. The van der Waals surface area contributed by atoms with E-state index in [4.69, 9.17) is 4.98 Å². The van der Waals surface area contributed by atoms with Crippen molar-refractivity contribution in [2.45, 2.75) is 45.1 Å². The maximum absolute atomic E-state index is 12.8. The van der Waals surface area contributed by atoms with Gasteiger partial charge in [0.15, 0.2) is 0 Å². The molecule has 1 aromatic carbocycles. The van der Waals surface area contributed by atoms with Gasteiger partial charge in [0, 0.05) is 31.1 Å². The molecule has 1 aliphatic carbocycles. The molecule has 4 rings (SSSR count). The van der Waals surface area contributed by atoms with E-state index in [1.165, 1.54) is 0 Å². The van der Waals surface area contributed by atoms with E-state index in [1.54, 1.807) is 0 Å². The summed E-state index contributed by atoms with van der Waals surface area (Å²) >= 11 is 0. The SMILES string of the molecule is CCCNC(=O)C1CCCN(c2cc(C(=O)NC3CC3)c3ccccc3n2)C1. The maximum atomic E-state index is 12.8. The fourth-order valence-corrected chi connectivity index (χ4v) is 3.79. The molecule has 2 aromatic rings. The Balaban J connectivity index is 1.60. The molecule has 0 radical (unpaired) electrons. The third-order valence-corrected chi connectivity index (χ3v) is 5.53. The monoisotopic (exact) mass is 380 g/mol. The van der Waals surface area contributed by atoms with Crippen molar-refractivity contribution >= 4 is 28.5 Å². The largest absolute Gasteiger partial charge is 0.356 e. The van der Waals surface area contributed by atoms with Gasteiger partial charge in [-0.2, -0.15) is 0 Å². The number of anilines is 1. The molecule has 0 bridgehead atoms. The molecule has 2 aliphatic rings. The molecule has 1 unspecified atom stereocenters. The summed E-state index contributed by atoms with van der Waals surface area (Å²) in [5.74, 6) is 0.848. The van der Waals surface area contributed by atoms with Gasteiger partial charge in [-0.05, 0) is 44.2 Å². The second kappa shape index (κ2) is 8.17. The summed E-state index contributed by atoms with van der Waals surface area (Å²) in [6.45, 7) is 4.27. The van der Waals surface area contributed by atoms with E-state index < -0.39 is 0 Å². The molecule has 2 N–H and O–H groups in total. The van der Waals surface area contributed by atoms with Gasteiger partial charge < -0.3 is 15.5 Å². The highest BCUT2D eigenvalue weighted by atomic mass is 16.2. The molecule has 1 aromatic heterocycles. The van der Waals surface area contributed by atoms with Crippen LogP contribution in [0.5, 0.6) is 0 Å². The van der Waals surface area contributed by atoms with E-state index in [0.717, 1.165) is 61.9 Å². The standard InChI is InChI=1S/C22H28N4O2/c1-2-11-23-21(27)15-6-5-12-26(14-15)20-13-18(22(28)24-16-9-10-16)17-7-3-4-8-19(17)25-20/h3-4,7-8,13,15-16H,2,5-6,9-12,14H2,1H3,(H,23,27)(H,24,28). The summed E-state index contributed by atoms with van der Waals surface area (Å²) in [7, 11) is 0.